The first-order valence-electron chi connectivity index (χ1n) is 6.90. The summed E-state index contributed by atoms with van der Waals surface area (Å²) in [6.07, 6.45) is 1.12. The minimum atomic E-state index is -0.678. The van der Waals surface area contributed by atoms with Crippen LogP contribution in [0, 0.1) is 5.82 Å². The molecule has 0 spiro atoms. The first-order chi connectivity index (χ1) is 9.04. The predicted molar refractivity (Wildman–Crippen MR) is 75.8 cm³/mol. The van der Waals surface area contributed by atoms with E-state index in [-0.39, 0.29) is 18.5 Å². The highest BCUT2D eigenvalue weighted by atomic mass is 19.1. The van der Waals surface area contributed by atoms with Gasteiger partial charge in [0.05, 0.1) is 18.4 Å². The highest BCUT2D eigenvalue weighted by Gasteiger charge is 2.19. The Hall–Kier alpha value is -1.13. The van der Waals surface area contributed by atoms with E-state index in [4.69, 9.17) is 5.11 Å². The van der Waals surface area contributed by atoms with Crippen LogP contribution in [0.5, 0.6) is 0 Å². The van der Waals surface area contributed by atoms with E-state index >= 15 is 0 Å². The van der Waals surface area contributed by atoms with Crippen LogP contribution in [0.15, 0.2) is 18.2 Å². The van der Waals surface area contributed by atoms with E-state index in [1.165, 1.54) is 6.07 Å². The van der Waals surface area contributed by atoms with Crippen molar-refractivity contribution in [2.24, 2.45) is 0 Å². The van der Waals surface area contributed by atoms with Gasteiger partial charge < -0.3 is 15.1 Å². The molecule has 0 saturated carbocycles. The van der Waals surface area contributed by atoms with Crippen molar-refractivity contribution in [2.75, 3.05) is 18.1 Å². The number of rotatable bonds is 7. The van der Waals surface area contributed by atoms with Crippen LogP contribution < -0.4 is 4.90 Å². The van der Waals surface area contributed by atoms with Crippen LogP contribution in [0.3, 0.4) is 0 Å². The molecule has 1 atom stereocenters. The van der Waals surface area contributed by atoms with Crippen molar-refractivity contribution < 1.29 is 14.6 Å². The molecule has 1 unspecified atom stereocenters. The van der Waals surface area contributed by atoms with Gasteiger partial charge in [0.2, 0.25) is 0 Å². The fourth-order valence-corrected chi connectivity index (χ4v) is 2.35. The third-order valence-corrected chi connectivity index (χ3v) is 3.49. The Morgan fingerprint density at radius 2 is 1.89 bits per heavy atom. The molecule has 19 heavy (non-hydrogen) atoms. The summed E-state index contributed by atoms with van der Waals surface area (Å²) in [7, 11) is 0. The fraction of sp³-hybridized carbons (Fsp3) is 0.600. The van der Waals surface area contributed by atoms with Crippen LogP contribution in [-0.4, -0.2) is 29.4 Å². The van der Waals surface area contributed by atoms with Crippen LogP contribution in [0.4, 0.5) is 10.1 Å². The maximum atomic E-state index is 14.2. The molecular formula is C15H24FNO2. The zero-order valence-electron chi connectivity index (χ0n) is 11.9. The normalized spacial score (nSPS) is 12.8. The highest BCUT2D eigenvalue weighted by Crippen LogP contribution is 2.26. The Balaban J connectivity index is 3.08. The van der Waals surface area contributed by atoms with Gasteiger partial charge in [-0.05, 0) is 37.5 Å². The van der Waals surface area contributed by atoms with Crippen LogP contribution in [0.2, 0.25) is 0 Å². The maximum Gasteiger partial charge on any atom is 0.146 e. The van der Waals surface area contributed by atoms with Crippen LogP contribution in [0.25, 0.3) is 0 Å². The van der Waals surface area contributed by atoms with Gasteiger partial charge in [-0.15, -0.1) is 0 Å². The van der Waals surface area contributed by atoms with Crippen LogP contribution in [-0.2, 0) is 0 Å². The number of nitrogens with zero attached hydrogens (tertiary/aromatic N) is 1. The van der Waals surface area contributed by atoms with Gasteiger partial charge in [-0.25, -0.2) is 4.39 Å². The van der Waals surface area contributed by atoms with Crippen molar-refractivity contribution in [3.05, 3.63) is 29.6 Å². The van der Waals surface area contributed by atoms with E-state index in [1.54, 1.807) is 19.1 Å². The van der Waals surface area contributed by atoms with Crippen molar-refractivity contribution in [1.82, 2.24) is 0 Å². The summed E-state index contributed by atoms with van der Waals surface area (Å²) in [5, 5.41) is 18.6. The molecule has 2 N–H and O–H groups in total. The Morgan fingerprint density at radius 1 is 1.26 bits per heavy atom. The standard InChI is InChI=1S/C15H24FNO2/c1-4-13(5-2)17(8-9-18)15-7-6-12(11(3)19)10-14(15)16/h6-7,10-11,13,18-19H,4-5,8-9H2,1-3H3. The molecule has 4 heteroatoms. The van der Waals surface area contributed by atoms with E-state index in [2.05, 4.69) is 13.8 Å². The second-order valence-corrected chi connectivity index (χ2v) is 4.77. The molecule has 0 heterocycles. The van der Waals surface area contributed by atoms with E-state index in [1.807, 2.05) is 4.90 Å². The van der Waals surface area contributed by atoms with Crippen molar-refractivity contribution in [2.45, 2.75) is 45.8 Å². The zero-order valence-corrected chi connectivity index (χ0v) is 11.9. The lowest BCUT2D eigenvalue weighted by atomic mass is 10.1. The molecule has 1 aromatic carbocycles. The van der Waals surface area contributed by atoms with Gasteiger partial charge in [0, 0.05) is 12.6 Å². The molecule has 0 amide bonds. The topological polar surface area (TPSA) is 43.7 Å². The van der Waals surface area contributed by atoms with Crippen molar-refractivity contribution in [3.8, 4) is 0 Å². The van der Waals surface area contributed by atoms with E-state index in [9.17, 15) is 9.50 Å². The summed E-state index contributed by atoms with van der Waals surface area (Å²) in [5.74, 6) is -0.348. The molecule has 0 aromatic heterocycles. The van der Waals surface area contributed by atoms with Crippen LogP contribution >= 0.6 is 0 Å². The van der Waals surface area contributed by atoms with Gasteiger partial charge in [0.1, 0.15) is 5.82 Å². The summed E-state index contributed by atoms with van der Waals surface area (Å²) in [5.41, 5.74) is 1.06. The first kappa shape index (κ1) is 15.9. The fourth-order valence-electron chi connectivity index (χ4n) is 2.35. The zero-order chi connectivity index (χ0) is 14.4. The molecule has 0 saturated heterocycles. The number of benzene rings is 1. The molecule has 1 aromatic rings. The maximum absolute atomic E-state index is 14.2. The molecule has 0 radical (unpaired) electrons. The third-order valence-electron chi connectivity index (χ3n) is 3.49. The smallest absolute Gasteiger partial charge is 0.146 e. The van der Waals surface area contributed by atoms with E-state index in [0.717, 1.165) is 12.8 Å². The Kier molecular flexibility index (Phi) is 6.25. The Bertz CT molecular complexity index is 392. The molecule has 0 aliphatic rings. The quantitative estimate of drug-likeness (QED) is 0.800. The number of hydrogen-bond donors (Lipinski definition) is 2. The first-order valence-corrected chi connectivity index (χ1v) is 6.90. The molecular weight excluding hydrogens is 245 g/mol. The monoisotopic (exact) mass is 269 g/mol. The Labute approximate surface area is 114 Å². The molecule has 0 bridgehead atoms. The number of hydrogen-bond acceptors (Lipinski definition) is 3. The average Bonchev–Trinajstić information content (AvgIpc) is 2.39. The molecule has 3 nitrogen and oxygen atoms in total. The summed E-state index contributed by atoms with van der Waals surface area (Å²) in [6, 6.07) is 4.99. The average molecular weight is 269 g/mol. The second-order valence-electron chi connectivity index (χ2n) is 4.77. The predicted octanol–water partition coefficient (Wildman–Crippen LogP) is 2.87. The van der Waals surface area contributed by atoms with Crippen molar-refractivity contribution >= 4 is 5.69 Å². The largest absolute Gasteiger partial charge is 0.395 e. The van der Waals surface area contributed by atoms with E-state index in [0.29, 0.717) is 17.8 Å². The third kappa shape index (κ3) is 3.91. The number of aliphatic hydroxyl groups is 2. The number of anilines is 1. The lowest BCUT2D eigenvalue weighted by Gasteiger charge is -2.32. The summed E-state index contributed by atoms with van der Waals surface area (Å²) in [6.45, 7) is 6.13. The molecule has 0 aliphatic heterocycles. The lowest BCUT2D eigenvalue weighted by molar-refractivity contribution is 0.199. The van der Waals surface area contributed by atoms with Gasteiger partial charge >= 0.3 is 0 Å². The van der Waals surface area contributed by atoms with Crippen molar-refractivity contribution in [1.29, 1.82) is 0 Å². The van der Waals surface area contributed by atoms with Gasteiger partial charge in [-0.2, -0.15) is 0 Å². The van der Waals surface area contributed by atoms with Gasteiger partial charge in [-0.1, -0.05) is 19.9 Å². The SMILES string of the molecule is CCC(CC)N(CCO)c1ccc(C(C)O)cc1F. The minimum absolute atomic E-state index is 0.00586. The van der Waals surface area contributed by atoms with Gasteiger partial charge in [0.25, 0.3) is 0 Å². The number of aliphatic hydroxyl groups excluding tert-OH is 2. The molecule has 1 rings (SSSR count). The molecule has 108 valence electrons. The summed E-state index contributed by atoms with van der Waals surface area (Å²) in [4.78, 5) is 1.90. The molecule has 0 fully saturated rings. The van der Waals surface area contributed by atoms with Gasteiger partial charge in [-0.3, -0.25) is 0 Å². The van der Waals surface area contributed by atoms with Gasteiger partial charge in [0.15, 0.2) is 0 Å². The van der Waals surface area contributed by atoms with Crippen LogP contribution in [0.1, 0.15) is 45.3 Å². The lowest BCUT2D eigenvalue weighted by Crippen LogP contribution is -2.37. The van der Waals surface area contributed by atoms with E-state index < -0.39 is 6.10 Å². The molecule has 0 aliphatic carbocycles. The summed E-state index contributed by atoms with van der Waals surface area (Å²) < 4.78 is 14.2. The Morgan fingerprint density at radius 3 is 2.32 bits per heavy atom. The van der Waals surface area contributed by atoms with Crippen molar-refractivity contribution in [3.63, 3.8) is 0 Å². The second kappa shape index (κ2) is 7.46. The highest BCUT2D eigenvalue weighted by molar-refractivity contribution is 5.50. The number of halogens is 1. The minimum Gasteiger partial charge on any atom is -0.395 e. The summed E-state index contributed by atoms with van der Waals surface area (Å²) >= 11 is 0.